The van der Waals surface area contributed by atoms with Crippen LogP contribution < -0.4 is 5.76 Å². The van der Waals surface area contributed by atoms with Gasteiger partial charge in [0.1, 0.15) is 11.2 Å². The maximum absolute atomic E-state index is 14.0. The summed E-state index contributed by atoms with van der Waals surface area (Å²) >= 11 is 0. The lowest BCUT2D eigenvalue weighted by atomic mass is 10.1. The third-order valence-corrected chi connectivity index (χ3v) is 4.24. The molecule has 26 heavy (non-hydrogen) atoms. The standard InChI is InChI=1S/C16H10F5N3O2/c17-15(18,7-1-2-7)11-6-22-10(5-23-11)8-3-4-9(16(19,20)21)12-13(8)26-14(25)24-12/h3-7H,1-2H2,(H,24,25). The van der Waals surface area contributed by atoms with Crippen LogP contribution in [0.1, 0.15) is 24.1 Å². The zero-order valence-electron chi connectivity index (χ0n) is 12.9. The normalized spacial score (nSPS) is 15.6. The van der Waals surface area contributed by atoms with Gasteiger partial charge in [0.05, 0.1) is 23.7 Å². The van der Waals surface area contributed by atoms with Crippen LogP contribution in [0.25, 0.3) is 22.4 Å². The maximum Gasteiger partial charge on any atom is 0.418 e. The van der Waals surface area contributed by atoms with Crippen molar-refractivity contribution in [3.63, 3.8) is 0 Å². The van der Waals surface area contributed by atoms with Crippen LogP contribution >= 0.6 is 0 Å². The fourth-order valence-electron chi connectivity index (χ4n) is 2.77. The first kappa shape index (κ1) is 16.7. The molecule has 2 heterocycles. The van der Waals surface area contributed by atoms with Crippen LogP contribution in [0.4, 0.5) is 22.0 Å². The molecule has 0 amide bonds. The molecule has 5 nitrogen and oxygen atoms in total. The van der Waals surface area contributed by atoms with Crippen LogP contribution in [0.5, 0.6) is 0 Å². The Balaban J connectivity index is 1.81. The SMILES string of the molecule is O=c1[nH]c2c(C(F)(F)F)ccc(-c3cnc(C(F)(F)C4CC4)cn3)c2o1. The molecule has 1 fully saturated rings. The van der Waals surface area contributed by atoms with Crippen LogP contribution in [0.15, 0.2) is 33.7 Å². The first-order chi connectivity index (χ1) is 12.2. The highest BCUT2D eigenvalue weighted by molar-refractivity contribution is 5.91. The first-order valence-electron chi connectivity index (χ1n) is 7.61. The summed E-state index contributed by atoms with van der Waals surface area (Å²) in [7, 11) is 0. The molecule has 1 aromatic carbocycles. The lowest BCUT2D eigenvalue weighted by Gasteiger charge is -2.14. The van der Waals surface area contributed by atoms with Gasteiger partial charge in [-0.1, -0.05) is 0 Å². The molecule has 10 heteroatoms. The lowest BCUT2D eigenvalue weighted by Crippen LogP contribution is -2.18. The molecule has 4 rings (SSSR count). The van der Waals surface area contributed by atoms with Crippen molar-refractivity contribution in [3.8, 4) is 11.3 Å². The average Bonchev–Trinajstić information content (AvgIpc) is 3.35. The van der Waals surface area contributed by atoms with Gasteiger partial charge >= 0.3 is 11.9 Å². The fourth-order valence-corrected chi connectivity index (χ4v) is 2.77. The minimum Gasteiger partial charge on any atom is -0.407 e. The van der Waals surface area contributed by atoms with Gasteiger partial charge < -0.3 is 4.42 Å². The summed E-state index contributed by atoms with van der Waals surface area (Å²) in [6.07, 6.45) is -1.97. The maximum atomic E-state index is 14.0. The number of nitrogens with one attached hydrogen (secondary N) is 1. The topological polar surface area (TPSA) is 71.8 Å². The number of benzene rings is 1. The van der Waals surface area contributed by atoms with E-state index in [9.17, 15) is 26.7 Å². The number of hydrogen-bond donors (Lipinski definition) is 1. The van der Waals surface area contributed by atoms with Gasteiger partial charge in [-0.15, -0.1) is 0 Å². The molecule has 0 atom stereocenters. The predicted molar refractivity (Wildman–Crippen MR) is 79.5 cm³/mol. The molecular formula is C16H10F5N3O2. The highest BCUT2D eigenvalue weighted by Crippen LogP contribution is 2.49. The number of halogens is 5. The van der Waals surface area contributed by atoms with E-state index < -0.39 is 40.5 Å². The fraction of sp³-hybridized carbons (Fsp3) is 0.312. The highest BCUT2D eigenvalue weighted by atomic mass is 19.4. The summed E-state index contributed by atoms with van der Waals surface area (Å²) in [5, 5.41) is 0. The number of aromatic nitrogens is 3. The van der Waals surface area contributed by atoms with E-state index in [1.165, 1.54) is 0 Å². The summed E-state index contributed by atoms with van der Waals surface area (Å²) in [6.45, 7) is 0. The second-order valence-electron chi connectivity index (χ2n) is 6.06. The largest absolute Gasteiger partial charge is 0.418 e. The predicted octanol–water partition coefficient (Wildman–Crippen LogP) is 4.10. The van der Waals surface area contributed by atoms with Crippen LogP contribution in [-0.4, -0.2) is 15.0 Å². The van der Waals surface area contributed by atoms with Gasteiger partial charge in [-0.2, -0.15) is 22.0 Å². The van der Waals surface area contributed by atoms with E-state index >= 15 is 0 Å². The van der Waals surface area contributed by atoms with E-state index in [-0.39, 0.29) is 16.8 Å². The molecule has 0 saturated heterocycles. The first-order valence-corrected chi connectivity index (χ1v) is 7.61. The van der Waals surface area contributed by atoms with Crippen LogP contribution in [-0.2, 0) is 12.1 Å². The minimum absolute atomic E-state index is 0.0156. The van der Waals surface area contributed by atoms with E-state index in [0.717, 1.165) is 24.5 Å². The van der Waals surface area contributed by atoms with Gasteiger partial charge in [0.25, 0.3) is 5.92 Å². The van der Waals surface area contributed by atoms with Crippen molar-refractivity contribution in [1.29, 1.82) is 0 Å². The molecule has 0 bridgehead atoms. The van der Waals surface area contributed by atoms with E-state index in [2.05, 4.69) is 9.97 Å². The lowest BCUT2D eigenvalue weighted by molar-refractivity contribution is -0.136. The summed E-state index contributed by atoms with van der Waals surface area (Å²) in [5.74, 6) is -4.92. The van der Waals surface area contributed by atoms with Crippen molar-refractivity contribution < 1.29 is 26.4 Å². The molecule has 1 N–H and O–H groups in total. The molecule has 1 saturated carbocycles. The second kappa shape index (κ2) is 5.36. The molecule has 0 aliphatic heterocycles. The zero-order chi connectivity index (χ0) is 18.7. The van der Waals surface area contributed by atoms with Crippen LogP contribution in [0, 0.1) is 5.92 Å². The second-order valence-corrected chi connectivity index (χ2v) is 6.06. The smallest absolute Gasteiger partial charge is 0.407 e. The molecule has 1 aliphatic rings. The number of nitrogens with zero attached hydrogens (tertiary/aromatic N) is 2. The number of aromatic amines is 1. The van der Waals surface area contributed by atoms with E-state index in [1.54, 1.807) is 0 Å². The van der Waals surface area contributed by atoms with Crippen molar-refractivity contribution in [2.45, 2.75) is 24.9 Å². The molecule has 136 valence electrons. The Morgan fingerprint density at radius 1 is 1.08 bits per heavy atom. The number of hydrogen-bond acceptors (Lipinski definition) is 4. The number of fused-ring (bicyclic) bond motifs is 1. The van der Waals surface area contributed by atoms with Gasteiger partial charge in [0.15, 0.2) is 5.58 Å². The molecule has 0 unspecified atom stereocenters. The minimum atomic E-state index is -4.70. The Kier molecular flexibility index (Phi) is 3.44. The third kappa shape index (κ3) is 2.65. The van der Waals surface area contributed by atoms with E-state index in [4.69, 9.17) is 4.42 Å². The average molecular weight is 371 g/mol. The molecule has 0 spiro atoms. The van der Waals surface area contributed by atoms with E-state index in [1.807, 2.05) is 4.98 Å². The highest BCUT2D eigenvalue weighted by Gasteiger charge is 2.49. The van der Waals surface area contributed by atoms with Gasteiger partial charge in [-0.05, 0) is 25.0 Å². The van der Waals surface area contributed by atoms with Crippen molar-refractivity contribution in [1.82, 2.24) is 15.0 Å². The summed E-state index contributed by atoms with van der Waals surface area (Å²) in [4.78, 5) is 21.0. The Morgan fingerprint density at radius 3 is 2.38 bits per heavy atom. The molecule has 3 aromatic rings. The van der Waals surface area contributed by atoms with Gasteiger partial charge in [0, 0.05) is 11.5 Å². The summed E-state index contributed by atoms with van der Waals surface area (Å²) in [6, 6.07) is 1.82. The number of rotatable bonds is 3. The van der Waals surface area contributed by atoms with Crippen LogP contribution in [0.2, 0.25) is 0 Å². The Morgan fingerprint density at radius 2 is 1.81 bits per heavy atom. The van der Waals surface area contributed by atoms with Crippen molar-refractivity contribution in [2.75, 3.05) is 0 Å². The number of oxazole rings is 1. The Labute approximate surface area is 141 Å². The summed E-state index contributed by atoms with van der Waals surface area (Å²) in [5.41, 5.74) is -2.41. The quantitative estimate of drug-likeness (QED) is 0.704. The molecule has 2 aromatic heterocycles. The Hall–Kier alpha value is -2.78. The molecule has 1 aliphatic carbocycles. The van der Waals surface area contributed by atoms with Gasteiger partial charge in [-0.3, -0.25) is 15.0 Å². The third-order valence-electron chi connectivity index (χ3n) is 4.24. The molecular weight excluding hydrogens is 361 g/mol. The zero-order valence-corrected chi connectivity index (χ0v) is 12.9. The van der Waals surface area contributed by atoms with Crippen LogP contribution in [0.3, 0.4) is 0 Å². The van der Waals surface area contributed by atoms with Crippen molar-refractivity contribution >= 4 is 11.1 Å². The monoisotopic (exact) mass is 371 g/mol. The Bertz CT molecular complexity index is 1030. The molecule has 0 radical (unpaired) electrons. The van der Waals surface area contributed by atoms with E-state index in [0.29, 0.717) is 12.8 Å². The van der Waals surface area contributed by atoms with Gasteiger partial charge in [-0.25, -0.2) is 4.79 Å². The number of alkyl halides is 5. The summed E-state index contributed by atoms with van der Waals surface area (Å²) < 4.78 is 72.0. The van der Waals surface area contributed by atoms with Crippen molar-refractivity contribution in [3.05, 3.63) is 46.3 Å². The van der Waals surface area contributed by atoms with Gasteiger partial charge in [0.2, 0.25) is 0 Å². The van der Waals surface area contributed by atoms with Crippen molar-refractivity contribution in [2.24, 2.45) is 5.92 Å². The number of H-pyrrole nitrogens is 1.